The normalized spacial score (nSPS) is 10.9. The minimum atomic E-state index is -2.64. The molecule has 0 spiro atoms. The van der Waals surface area contributed by atoms with E-state index in [1.165, 1.54) is 30.3 Å². The number of alkyl halides is 2. The molecule has 0 unspecified atom stereocenters. The molecule has 2 rings (SSSR count). The molecule has 0 saturated heterocycles. The van der Waals surface area contributed by atoms with Crippen LogP contribution in [0.3, 0.4) is 0 Å². The zero-order valence-corrected chi connectivity index (χ0v) is 9.39. The first-order valence-corrected chi connectivity index (χ1v) is 5.30. The Kier molecular flexibility index (Phi) is 3.38. The Balaban J connectivity index is 2.57. The third-order valence-electron chi connectivity index (χ3n) is 2.40. The summed E-state index contributed by atoms with van der Waals surface area (Å²) < 4.78 is 38.3. The molecule has 0 atom stereocenters. The van der Waals surface area contributed by atoms with Gasteiger partial charge in [-0.3, -0.25) is 0 Å². The molecule has 4 heteroatoms. The van der Waals surface area contributed by atoms with E-state index in [9.17, 15) is 13.2 Å². The SMILES string of the molecule is Fc1cccc(-c2cccc(C(F)F)c2Cl)c1. The third-order valence-corrected chi connectivity index (χ3v) is 2.82. The van der Waals surface area contributed by atoms with Crippen LogP contribution in [-0.2, 0) is 0 Å². The van der Waals surface area contributed by atoms with Gasteiger partial charge in [0.05, 0.1) is 5.02 Å². The zero-order valence-electron chi connectivity index (χ0n) is 8.63. The van der Waals surface area contributed by atoms with Crippen molar-refractivity contribution in [3.8, 4) is 11.1 Å². The van der Waals surface area contributed by atoms with Crippen molar-refractivity contribution in [2.75, 3.05) is 0 Å². The molecule has 0 saturated carbocycles. The van der Waals surface area contributed by atoms with E-state index in [1.54, 1.807) is 12.1 Å². The highest BCUT2D eigenvalue weighted by Crippen LogP contribution is 2.35. The minimum Gasteiger partial charge on any atom is -0.207 e. The highest BCUT2D eigenvalue weighted by atomic mass is 35.5. The molecule has 0 heterocycles. The van der Waals surface area contributed by atoms with E-state index in [0.29, 0.717) is 11.1 Å². The molecule has 0 bridgehead atoms. The standard InChI is InChI=1S/C13H8ClF3/c14-12-10(5-2-6-11(12)13(16)17)8-3-1-4-9(15)7-8/h1-7,13H. The summed E-state index contributed by atoms with van der Waals surface area (Å²) in [6.45, 7) is 0. The first-order chi connectivity index (χ1) is 8.09. The van der Waals surface area contributed by atoms with Crippen molar-refractivity contribution < 1.29 is 13.2 Å². The Morgan fingerprint density at radius 2 is 1.71 bits per heavy atom. The molecule has 0 fully saturated rings. The number of halogens is 4. The summed E-state index contributed by atoms with van der Waals surface area (Å²) in [7, 11) is 0. The van der Waals surface area contributed by atoms with Crippen molar-refractivity contribution in [3.05, 3.63) is 58.9 Å². The van der Waals surface area contributed by atoms with Crippen LogP contribution in [0.15, 0.2) is 42.5 Å². The lowest BCUT2D eigenvalue weighted by Gasteiger charge is -2.09. The average molecular weight is 257 g/mol. The lowest BCUT2D eigenvalue weighted by molar-refractivity contribution is 0.151. The molecule has 2 aromatic carbocycles. The highest BCUT2D eigenvalue weighted by Gasteiger charge is 2.15. The number of hydrogen-bond acceptors (Lipinski definition) is 0. The van der Waals surface area contributed by atoms with Crippen LogP contribution >= 0.6 is 11.6 Å². The fourth-order valence-electron chi connectivity index (χ4n) is 1.60. The van der Waals surface area contributed by atoms with Crippen molar-refractivity contribution >= 4 is 11.6 Å². The van der Waals surface area contributed by atoms with Gasteiger partial charge < -0.3 is 0 Å². The molecule has 0 nitrogen and oxygen atoms in total. The van der Waals surface area contributed by atoms with Crippen molar-refractivity contribution in [3.63, 3.8) is 0 Å². The predicted molar refractivity (Wildman–Crippen MR) is 61.8 cm³/mol. The van der Waals surface area contributed by atoms with Crippen molar-refractivity contribution in [1.82, 2.24) is 0 Å². The quantitative estimate of drug-likeness (QED) is 0.703. The maximum Gasteiger partial charge on any atom is 0.265 e. The Labute approximate surface area is 102 Å². The van der Waals surface area contributed by atoms with Gasteiger partial charge in [-0.05, 0) is 17.7 Å². The summed E-state index contributed by atoms with van der Waals surface area (Å²) in [6, 6.07) is 10.0. The van der Waals surface area contributed by atoms with Crippen molar-refractivity contribution in [1.29, 1.82) is 0 Å². The van der Waals surface area contributed by atoms with E-state index in [-0.39, 0.29) is 10.6 Å². The van der Waals surface area contributed by atoms with E-state index < -0.39 is 12.2 Å². The summed E-state index contributed by atoms with van der Waals surface area (Å²) in [4.78, 5) is 0. The first-order valence-electron chi connectivity index (χ1n) is 4.92. The molecule has 2 aromatic rings. The van der Waals surface area contributed by atoms with Gasteiger partial charge in [-0.25, -0.2) is 13.2 Å². The molecule has 0 aliphatic carbocycles. The highest BCUT2D eigenvalue weighted by molar-refractivity contribution is 6.34. The van der Waals surface area contributed by atoms with E-state index in [2.05, 4.69) is 0 Å². The van der Waals surface area contributed by atoms with Gasteiger partial charge in [0.2, 0.25) is 0 Å². The second kappa shape index (κ2) is 4.80. The van der Waals surface area contributed by atoms with Crippen LogP contribution in [0.1, 0.15) is 12.0 Å². The van der Waals surface area contributed by atoms with Crippen molar-refractivity contribution in [2.45, 2.75) is 6.43 Å². The Hall–Kier alpha value is -1.48. The second-order valence-electron chi connectivity index (χ2n) is 3.52. The molecule has 0 radical (unpaired) electrons. The van der Waals surface area contributed by atoms with E-state index in [4.69, 9.17) is 11.6 Å². The smallest absolute Gasteiger partial charge is 0.207 e. The van der Waals surface area contributed by atoms with Gasteiger partial charge in [-0.15, -0.1) is 0 Å². The van der Waals surface area contributed by atoms with Crippen LogP contribution in [0.25, 0.3) is 11.1 Å². The number of benzene rings is 2. The third kappa shape index (κ3) is 2.44. The number of rotatable bonds is 2. The molecule has 0 amide bonds. The minimum absolute atomic E-state index is 0.0342. The molecular weight excluding hydrogens is 249 g/mol. The Morgan fingerprint density at radius 3 is 2.35 bits per heavy atom. The van der Waals surface area contributed by atoms with Gasteiger partial charge >= 0.3 is 0 Å². The molecular formula is C13H8ClF3. The second-order valence-corrected chi connectivity index (χ2v) is 3.90. The van der Waals surface area contributed by atoms with Crippen LogP contribution < -0.4 is 0 Å². The van der Waals surface area contributed by atoms with Crippen LogP contribution in [0.2, 0.25) is 5.02 Å². The van der Waals surface area contributed by atoms with Gasteiger partial charge in [-0.2, -0.15) is 0 Å². The lowest BCUT2D eigenvalue weighted by Crippen LogP contribution is -1.89. The summed E-state index contributed by atoms with van der Waals surface area (Å²) in [5, 5.41) is -0.0342. The van der Waals surface area contributed by atoms with Crippen LogP contribution in [-0.4, -0.2) is 0 Å². The topological polar surface area (TPSA) is 0 Å². The Bertz CT molecular complexity index is 538. The molecule has 0 N–H and O–H groups in total. The monoisotopic (exact) mass is 256 g/mol. The van der Waals surface area contributed by atoms with E-state index in [1.807, 2.05) is 0 Å². The summed E-state index contributed by atoms with van der Waals surface area (Å²) >= 11 is 5.89. The van der Waals surface area contributed by atoms with E-state index in [0.717, 1.165) is 0 Å². The Morgan fingerprint density at radius 1 is 1.00 bits per heavy atom. The summed E-state index contributed by atoms with van der Waals surface area (Å²) in [6.07, 6.45) is -2.64. The summed E-state index contributed by atoms with van der Waals surface area (Å²) in [5.74, 6) is -0.430. The van der Waals surface area contributed by atoms with Gasteiger partial charge in [0, 0.05) is 11.1 Å². The van der Waals surface area contributed by atoms with E-state index >= 15 is 0 Å². The van der Waals surface area contributed by atoms with Gasteiger partial charge in [0.1, 0.15) is 5.82 Å². The van der Waals surface area contributed by atoms with Crippen LogP contribution in [0.5, 0.6) is 0 Å². The molecule has 0 aromatic heterocycles. The fraction of sp³-hybridized carbons (Fsp3) is 0.0769. The fourth-order valence-corrected chi connectivity index (χ4v) is 1.91. The molecule has 0 aliphatic rings. The van der Waals surface area contributed by atoms with Crippen molar-refractivity contribution in [2.24, 2.45) is 0 Å². The van der Waals surface area contributed by atoms with Gasteiger partial charge in [0.25, 0.3) is 6.43 Å². The van der Waals surface area contributed by atoms with Gasteiger partial charge in [0.15, 0.2) is 0 Å². The average Bonchev–Trinajstić information content (AvgIpc) is 2.29. The zero-order chi connectivity index (χ0) is 12.4. The molecule has 88 valence electrons. The first kappa shape index (κ1) is 12.0. The lowest BCUT2D eigenvalue weighted by atomic mass is 10.0. The predicted octanol–water partition coefficient (Wildman–Crippen LogP) is 5.08. The summed E-state index contributed by atoms with van der Waals surface area (Å²) in [5.41, 5.74) is 0.648. The molecule has 0 aliphatic heterocycles. The molecule has 17 heavy (non-hydrogen) atoms. The number of hydrogen-bond donors (Lipinski definition) is 0. The van der Waals surface area contributed by atoms with Gasteiger partial charge in [-0.1, -0.05) is 41.9 Å². The maximum atomic E-state index is 13.1. The maximum absolute atomic E-state index is 13.1. The van der Waals surface area contributed by atoms with Crippen LogP contribution in [0, 0.1) is 5.82 Å². The largest absolute Gasteiger partial charge is 0.265 e. The van der Waals surface area contributed by atoms with Crippen LogP contribution in [0.4, 0.5) is 13.2 Å².